The summed E-state index contributed by atoms with van der Waals surface area (Å²) in [5.74, 6) is 1.51. The van der Waals surface area contributed by atoms with Gasteiger partial charge in [-0.05, 0) is 49.7 Å². The van der Waals surface area contributed by atoms with Crippen LogP contribution in [0, 0.1) is 17.8 Å². The number of anilines is 1. The number of carbonyl (C=O) groups excluding carboxylic acids is 1. The van der Waals surface area contributed by atoms with Gasteiger partial charge in [0.15, 0.2) is 0 Å². The molecule has 1 amide bonds. The Morgan fingerprint density at radius 3 is 2.57 bits per heavy atom. The molecule has 0 unspecified atom stereocenters. The first kappa shape index (κ1) is 16.3. The van der Waals surface area contributed by atoms with E-state index in [0.29, 0.717) is 11.6 Å². The second kappa shape index (κ2) is 6.15. The Balaban J connectivity index is 1.71. The number of para-hydroxylation sites is 1. The van der Waals surface area contributed by atoms with Gasteiger partial charge < -0.3 is 5.32 Å². The Morgan fingerprint density at radius 2 is 1.96 bits per heavy atom. The molecule has 5 nitrogen and oxygen atoms in total. The third kappa shape index (κ3) is 3.68. The van der Waals surface area contributed by atoms with Crippen LogP contribution in [0.25, 0.3) is 0 Å². The van der Waals surface area contributed by atoms with Gasteiger partial charge in [0, 0.05) is 5.92 Å². The molecule has 2 bridgehead atoms. The van der Waals surface area contributed by atoms with Crippen LogP contribution < -0.4 is 10.0 Å². The quantitative estimate of drug-likeness (QED) is 0.868. The number of nitrogens with one attached hydrogen (secondary N) is 2. The minimum Gasteiger partial charge on any atom is -0.349 e. The topological polar surface area (TPSA) is 75.3 Å². The molecule has 2 N–H and O–H groups in total. The maximum absolute atomic E-state index is 12.6. The number of hydrogen-bond donors (Lipinski definition) is 2. The lowest BCUT2D eigenvalue weighted by atomic mass is 9.88. The maximum atomic E-state index is 12.6. The Morgan fingerprint density at radius 1 is 1.22 bits per heavy atom. The molecule has 2 saturated carbocycles. The number of amides is 1. The van der Waals surface area contributed by atoms with Crippen molar-refractivity contribution < 1.29 is 13.2 Å². The molecule has 0 aliphatic heterocycles. The largest absolute Gasteiger partial charge is 0.349 e. The van der Waals surface area contributed by atoms with Gasteiger partial charge in [-0.2, -0.15) is 0 Å². The summed E-state index contributed by atoms with van der Waals surface area (Å²) in [6.45, 7) is 1.90. The maximum Gasteiger partial charge on any atom is 0.229 e. The van der Waals surface area contributed by atoms with Gasteiger partial charge in [-0.15, -0.1) is 0 Å². The molecule has 2 fully saturated rings. The second-order valence-corrected chi connectivity index (χ2v) is 8.72. The van der Waals surface area contributed by atoms with E-state index in [4.69, 9.17) is 0 Å². The summed E-state index contributed by atoms with van der Waals surface area (Å²) in [5.41, 5.74) is 1.31. The molecule has 0 radical (unpaired) electrons. The van der Waals surface area contributed by atoms with Gasteiger partial charge in [0.1, 0.15) is 0 Å². The zero-order valence-electron chi connectivity index (χ0n) is 13.6. The van der Waals surface area contributed by atoms with Crippen molar-refractivity contribution in [3.05, 3.63) is 29.8 Å². The minimum atomic E-state index is -3.35. The second-order valence-electron chi connectivity index (χ2n) is 6.97. The van der Waals surface area contributed by atoms with Gasteiger partial charge in [0.25, 0.3) is 0 Å². The fourth-order valence-corrected chi connectivity index (χ4v) is 4.72. The number of benzene rings is 1. The molecule has 6 heteroatoms. The molecule has 2 aliphatic carbocycles. The van der Waals surface area contributed by atoms with Gasteiger partial charge in [-0.3, -0.25) is 9.52 Å². The van der Waals surface area contributed by atoms with Gasteiger partial charge in [0.2, 0.25) is 15.9 Å². The van der Waals surface area contributed by atoms with E-state index in [-0.39, 0.29) is 17.9 Å². The van der Waals surface area contributed by atoms with E-state index in [1.807, 2.05) is 19.1 Å². The molecule has 1 aromatic carbocycles. The standard InChI is InChI=1S/C17H24N2O3S/c1-11(14-5-3-4-6-16(14)19-23(2,21)22)18-17(20)15-10-12-7-8-13(15)9-12/h3-6,11-13,15,19H,7-10H2,1-2H3,(H,18,20)/t11-,12-,13-,15-/m0/s1. The molecule has 126 valence electrons. The van der Waals surface area contributed by atoms with Crippen molar-refractivity contribution in [1.29, 1.82) is 0 Å². The van der Waals surface area contributed by atoms with Crippen LogP contribution in [0.15, 0.2) is 24.3 Å². The van der Waals surface area contributed by atoms with E-state index in [1.165, 1.54) is 19.3 Å². The van der Waals surface area contributed by atoms with Gasteiger partial charge in [-0.25, -0.2) is 8.42 Å². The summed E-state index contributed by atoms with van der Waals surface area (Å²) in [6.07, 6.45) is 5.77. The lowest BCUT2D eigenvalue weighted by Crippen LogP contribution is -2.35. The van der Waals surface area contributed by atoms with Crippen LogP contribution in [-0.2, 0) is 14.8 Å². The molecular weight excluding hydrogens is 312 g/mol. The number of fused-ring (bicyclic) bond motifs is 2. The minimum absolute atomic E-state index is 0.110. The molecule has 0 saturated heterocycles. The highest BCUT2D eigenvalue weighted by Crippen LogP contribution is 2.48. The average Bonchev–Trinajstić information content (AvgIpc) is 3.08. The van der Waals surface area contributed by atoms with Gasteiger partial charge in [0.05, 0.1) is 18.0 Å². The van der Waals surface area contributed by atoms with Gasteiger partial charge >= 0.3 is 0 Å². The van der Waals surface area contributed by atoms with E-state index >= 15 is 0 Å². The molecule has 3 rings (SSSR count). The number of carbonyl (C=O) groups is 1. The van der Waals surface area contributed by atoms with E-state index < -0.39 is 10.0 Å². The Hall–Kier alpha value is -1.56. The molecule has 0 aromatic heterocycles. The van der Waals surface area contributed by atoms with Crippen LogP contribution in [0.5, 0.6) is 0 Å². The van der Waals surface area contributed by atoms with E-state index in [2.05, 4.69) is 10.0 Å². The van der Waals surface area contributed by atoms with Crippen LogP contribution in [0.1, 0.15) is 44.2 Å². The first-order valence-corrected chi connectivity index (χ1v) is 10.1. The van der Waals surface area contributed by atoms with Crippen LogP contribution >= 0.6 is 0 Å². The van der Waals surface area contributed by atoms with E-state index in [9.17, 15) is 13.2 Å². The third-order valence-corrected chi connectivity index (χ3v) is 5.75. The van der Waals surface area contributed by atoms with Crippen molar-refractivity contribution >= 4 is 21.6 Å². The summed E-state index contributed by atoms with van der Waals surface area (Å²) in [7, 11) is -3.35. The molecule has 2 aliphatic rings. The van der Waals surface area contributed by atoms with Crippen molar-refractivity contribution in [2.75, 3.05) is 11.0 Å². The highest BCUT2D eigenvalue weighted by molar-refractivity contribution is 7.92. The zero-order valence-corrected chi connectivity index (χ0v) is 14.4. The molecule has 23 heavy (non-hydrogen) atoms. The molecular formula is C17H24N2O3S. The summed E-state index contributed by atoms with van der Waals surface area (Å²) in [4.78, 5) is 12.6. The van der Waals surface area contributed by atoms with Crippen molar-refractivity contribution in [1.82, 2.24) is 5.32 Å². The Kier molecular flexibility index (Phi) is 4.36. The lowest BCUT2D eigenvalue weighted by molar-refractivity contribution is -0.127. The monoisotopic (exact) mass is 336 g/mol. The zero-order chi connectivity index (χ0) is 16.6. The highest BCUT2D eigenvalue weighted by Gasteiger charge is 2.43. The number of rotatable bonds is 5. The van der Waals surface area contributed by atoms with Crippen molar-refractivity contribution in [3.8, 4) is 0 Å². The fourth-order valence-electron chi connectivity index (χ4n) is 4.13. The third-order valence-electron chi connectivity index (χ3n) is 5.16. The number of sulfonamides is 1. The van der Waals surface area contributed by atoms with Crippen LogP contribution in [0.3, 0.4) is 0 Å². The van der Waals surface area contributed by atoms with Gasteiger partial charge in [-0.1, -0.05) is 24.6 Å². The lowest BCUT2D eigenvalue weighted by Gasteiger charge is -2.24. The highest BCUT2D eigenvalue weighted by atomic mass is 32.2. The fraction of sp³-hybridized carbons (Fsp3) is 0.588. The normalized spacial score (nSPS) is 27.7. The first-order chi connectivity index (χ1) is 10.8. The molecule has 1 aromatic rings. The van der Waals surface area contributed by atoms with E-state index in [1.54, 1.807) is 12.1 Å². The summed E-state index contributed by atoms with van der Waals surface area (Å²) < 4.78 is 25.5. The van der Waals surface area contributed by atoms with E-state index in [0.717, 1.165) is 24.2 Å². The van der Waals surface area contributed by atoms with Crippen molar-refractivity contribution in [2.24, 2.45) is 17.8 Å². The predicted molar refractivity (Wildman–Crippen MR) is 90.4 cm³/mol. The molecule has 4 atom stereocenters. The average molecular weight is 336 g/mol. The SMILES string of the molecule is C[C@H](NC(=O)[C@H]1C[C@H]2CC[C@H]1C2)c1ccccc1NS(C)(=O)=O. The molecule has 0 spiro atoms. The smallest absolute Gasteiger partial charge is 0.229 e. The predicted octanol–water partition coefficient (Wildman–Crippen LogP) is 2.67. The van der Waals surface area contributed by atoms with Crippen molar-refractivity contribution in [3.63, 3.8) is 0 Å². The Labute approximate surface area is 137 Å². The van der Waals surface area contributed by atoms with Crippen molar-refractivity contribution in [2.45, 2.75) is 38.6 Å². The number of hydrogen-bond acceptors (Lipinski definition) is 3. The summed E-state index contributed by atoms with van der Waals surface area (Å²) in [6, 6.07) is 6.97. The first-order valence-electron chi connectivity index (χ1n) is 8.20. The van der Waals surface area contributed by atoms with Crippen LogP contribution in [-0.4, -0.2) is 20.6 Å². The molecule has 0 heterocycles. The Bertz CT molecular complexity index is 702. The van der Waals surface area contributed by atoms with Crippen LogP contribution in [0.4, 0.5) is 5.69 Å². The van der Waals surface area contributed by atoms with Crippen LogP contribution in [0.2, 0.25) is 0 Å². The summed E-state index contributed by atoms with van der Waals surface area (Å²) in [5, 5.41) is 3.08. The summed E-state index contributed by atoms with van der Waals surface area (Å²) >= 11 is 0.